The van der Waals surface area contributed by atoms with Crippen LogP contribution in [0.25, 0.3) is 0 Å². The third-order valence-corrected chi connectivity index (χ3v) is 1.43. The van der Waals surface area contributed by atoms with E-state index in [0.717, 1.165) is 6.07 Å². The molecule has 0 amide bonds. The summed E-state index contributed by atoms with van der Waals surface area (Å²) in [7, 11) is 0. The van der Waals surface area contributed by atoms with Crippen LogP contribution >= 0.6 is 12.4 Å². The van der Waals surface area contributed by atoms with Crippen LogP contribution in [-0.4, -0.2) is 5.11 Å². The maximum Gasteiger partial charge on any atom is 0.127 e. The van der Waals surface area contributed by atoms with Gasteiger partial charge in [-0.2, -0.15) is 0 Å². The number of benzene rings is 1. The van der Waals surface area contributed by atoms with Gasteiger partial charge in [0.2, 0.25) is 0 Å². The fourth-order valence-electron chi connectivity index (χ4n) is 0.859. The van der Waals surface area contributed by atoms with Crippen molar-refractivity contribution >= 4 is 12.4 Å². The summed E-state index contributed by atoms with van der Waals surface area (Å²) in [6.45, 7) is 1.73. The Morgan fingerprint density at radius 2 is 2.00 bits per heavy atom. The molecule has 0 radical (unpaired) electrons. The highest BCUT2D eigenvalue weighted by atomic mass is 35.5. The summed E-state index contributed by atoms with van der Waals surface area (Å²) < 4.78 is 12.6. The SMILES string of the molecule is CC(N)c1cc(O)cc(F)c1.Cl. The minimum absolute atomic E-state index is 0. The largest absolute Gasteiger partial charge is 0.508 e. The van der Waals surface area contributed by atoms with Gasteiger partial charge in [-0.1, -0.05) is 0 Å². The number of halogens is 2. The van der Waals surface area contributed by atoms with Crippen LogP contribution in [0.3, 0.4) is 0 Å². The second-order valence-corrected chi connectivity index (χ2v) is 2.53. The van der Waals surface area contributed by atoms with E-state index in [1.165, 1.54) is 12.1 Å². The lowest BCUT2D eigenvalue weighted by Crippen LogP contribution is -2.04. The molecule has 0 aliphatic carbocycles. The Balaban J connectivity index is 0.00000121. The molecule has 0 bridgehead atoms. The van der Waals surface area contributed by atoms with Gasteiger partial charge in [0.25, 0.3) is 0 Å². The first-order valence-electron chi connectivity index (χ1n) is 3.34. The lowest BCUT2D eigenvalue weighted by Gasteiger charge is -2.05. The average Bonchev–Trinajstić information content (AvgIpc) is 1.85. The van der Waals surface area contributed by atoms with E-state index in [9.17, 15) is 4.39 Å². The quantitative estimate of drug-likeness (QED) is 0.713. The van der Waals surface area contributed by atoms with Crippen molar-refractivity contribution in [2.24, 2.45) is 5.73 Å². The van der Waals surface area contributed by atoms with Crippen LogP contribution in [0.5, 0.6) is 5.75 Å². The zero-order chi connectivity index (χ0) is 8.43. The van der Waals surface area contributed by atoms with Gasteiger partial charge >= 0.3 is 0 Å². The van der Waals surface area contributed by atoms with Gasteiger partial charge in [0, 0.05) is 12.1 Å². The topological polar surface area (TPSA) is 46.2 Å². The first-order chi connectivity index (χ1) is 5.09. The van der Waals surface area contributed by atoms with E-state index in [1.54, 1.807) is 6.92 Å². The third kappa shape index (κ3) is 2.68. The predicted molar refractivity (Wildman–Crippen MR) is 47.9 cm³/mol. The maximum absolute atomic E-state index is 12.6. The molecule has 12 heavy (non-hydrogen) atoms. The Bertz CT molecular complexity index is 245. The van der Waals surface area contributed by atoms with Crippen molar-refractivity contribution in [1.29, 1.82) is 0 Å². The van der Waals surface area contributed by atoms with Crippen molar-refractivity contribution in [3.05, 3.63) is 29.6 Å². The number of phenols is 1. The van der Waals surface area contributed by atoms with E-state index in [0.29, 0.717) is 5.56 Å². The summed E-state index contributed by atoms with van der Waals surface area (Å²) in [6.07, 6.45) is 0. The highest BCUT2D eigenvalue weighted by Crippen LogP contribution is 2.18. The van der Waals surface area contributed by atoms with E-state index >= 15 is 0 Å². The smallest absolute Gasteiger partial charge is 0.127 e. The fourth-order valence-corrected chi connectivity index (χ4v) is 0.859. The molecule has 1 atom stereocenters. The molecule has 0 aliphatic rings. The Kier molecular flexibility index (Phi) is 4.00. The molecule has 0 spiro atoms. The van der Waals surface area contributed by atoms with Crippen LogP contribution < -0.4 is 5.73 Å². The van der Waals surface area contributed by atoms with E-state index in [4.69, 9.17) is 10.8 Å². The van der Waals surface area contributed by atoms with Crippen LogP contribution in [0.1, 0.15) is 18.5 Å². The van der Waals surface area contributed by atoms with Crippen molar-refractivity contribution < 1.29 is 9.50 Å². The molecule has 0 aliphatic heterocycles. The summed E-state index contributed by atoms with van der Waals surface area (Å²) in [5.41, 5.74) is 6.07. The van der Waals surface area contributed by atoms with Crippen LogP contribution in [0, 0.1) is 5.82 Å². The van der Waals surface area contributed by atoms with Crippen LogP contribution in [-0.2, 0) is 0 Å². The Labute approximate surface area is 76.6 Å². The number of aromatic hydroxyl groups is 1. The van der Waals surface area contributed by atoms with Gasteiger partial charge < -0.3 is 10.8 Å². The molecule has 0 fully saturated rings. The summed E-state index contributed by atoms with van der Waals surface area (Å²) in [5.74, 6) is -0.547. The summed E-state index contributed by atoms with van der Waals surface area (Å²) in [6, 6.07) is 3.56. The van der Waals surface area contributed by atoms with Crippen molar-refractivity contribution in [2.75, 3.05) is 0 Å². The third-order valence-electron chi connectivity index (χ3n) is 1.43. The summed E-state index contributed by atoms with van der Waals surface area (Å²) in [5, 5.41) is 8.95. The molecule has 3 N–H and O–H groups in total. The highest BCUT2D eigenvalue weighted by molar-refractivity contribution is 5.85. The maximum atomic E-state index is 12.6. The molecular weight excluding hydrogens is 181 g/mol. The van der Waals surface area contributed by atoms with Crippen LogP contribution in [0.15, 0.2) is 18.2 Å². The average molecular weight is 192 g/mol. The number of nitrogens with two attached hydrogens (primary N) is 1. The first kappa shape index (κ1) is 11.2. The minimum Gasteiger partial charge on any atom is -0.508 e. The predicted octanol–water partition coefficient (Wildman–Crippen LogP) is 1.97. The van der Waals surface area contributed by atoms with Gasteiger partial charge in [0.1, 0.15) is 11.6 Å². The minimum atomic E-state index is -0.461. The molecule has 1 rings (SSSR count). The van der Waals surface area contributed by atoms with E-state index < -0.39 is 5.82 Å². The number of hydrogen-bond acceptors (Lipinski definition) is 2. The molecule has 68 valence electrons. The van der Waals surface area contributed by atoms with Crippen molar-refractivity contribution in [1.82, 2.24) is 0 Å². The van der Waals surface area contributed by atoms with Crippen LogP contribution in [0.2, 0.25) is 0 Å². The van der Waals surface area contributed by atoms with E-state index in [2.05, 4.69) is 0 Å². The standard InChI is InChI=1S/C8H10FNO.ClH/c1-5(10)6-2-7(9)4-8(11)3-6;/h2-5,11H,10H2,1H3;1H. The molecule has 0 heterocycles. The normalized spacial score (nSPS) is 11.9. The fraction of sp³-hybridized carbons (Fsp3) is 0.250. The lowest BCUT2D eigenvalue weighted by molar-refractivity contribution is 0.467. The summed E-state index contributed by atoms with van der Waals surface area (Å²) >= 11 is 0. The Hall–Kier alpha value is -0.800. The monoisotopic (exact) mass is 191 g/mol. The van der Waals surface area contributed by atoms with E-state index in [-0.39, 0.29) is 24.2 Å². The Morgan fingerprint density at radius 3 is 2.42 bits per heavy atom. The molecule has 1 aromatic rings. The van der Waals surface area contributed by atoms with Gasteiger partial charge in [0.15, 0.2) is 0 Å². The first-order valence-corrected chi connectivity index (χ1v) is 3.34. The molecule has 1 aromatic carbocycles. The van der Waals surface area contributed by atoms with E-state index in [1.807, 2.05) is 0 Å². The number of hydrogen-bond donors (Lipinski definition) is 2. The lowest BCUT2D eigenvalue weighted by atomic mass is 10.1. The second-order valence-electron chi connectivity index (χ2n) is 2.53. The number of phenolic OH excluding ortho intramolecular Hbond substituents is 1. The Morgan fingerprint density at radius 1 is 1.42 bits per heavy atom. The zero-order valence-corrected chi connectivity index (χ0v) is 7.44. The van der Waals surface area contributed by atoms with Crippen molar-refractivity contribution in [3.8, 4) is 5.75 Å². The molecule has 2 nitrogen and oxygen atoms in total. The van der Waals surface area contributed by atoms with Gasteiger partial charge in [-0.05, 0) is 24.6 Å². The number of rotatable bonds is 1. The van der Waals surface area contributed by atoms with Crippen LogP contribution in [0.4, 0.5) is 4.39 Å². The highest BCUT2D eigenvalue weighted by Gasteiger charge is 2.02. The molecule has 4 heteroatoms. The molecular formula is C8H11ClFNO. The molecule has 0 saturated carbocycles. The van der Waals surface area contributed by atoms with Gasteiger partial charge in [0.05, 0.1) is 0 Å². The van der Waals surface area contributed by atoms with Gasteiger partial charge in [-0.15, -0.1) is 12.4 Å². The van der Waals surface area contributed by atoms with Gasteiger partial charge in [-0.25, -0.2) is 4.39 Å². The molecule has 0 aromatic heterocycles. The van der Waals surface area contributed by atoms with Gasteiger partial charge in [-0.3, -0.25) is 0 Å². The van der Waals surface area contributed by atoms with Crippen molar-refractivity contribution in [2.45, 2.75) is 13.0 Å². The van der Waals surface area contributed by atoms with Crippen molar-refractivity contribution in [3.63, 3.8) is 0 Å². The zero-order valence-electron chi connectivity index (χ0n) is 6.62. The molecule has 1 unspecified atom stereocenters. The second kappa shape index (κ2) is 4.28. The molecule has 0 saturated heterocycles. The summed E-state index contributed by atoms with van der Waals surface area (Å²) in [4.78, 5) is 0.